The third kappa shape index (κ3) is 2.00. The first-order valence-corrected chi connectivity index (χ1v) is 6.80. The molecule has 0 aliphatic carbocycles. The normalized spacial score (nSPS) is 13.8. The van der Waals surface area contributed by atoms with Crippen molar-refractivity contribution in [3.8, 4) is 5.75 Å². The third-order valence-corrected chi connectivity index (χ3v) is 3.89. The molecule has 1 aliphatic heterocycles. The van der Waals surface area contributed by atoms with Gasteiger partial charge in [0.25, 0.3) is 11.8 Å². The summed E-state index contributed by atoms with van der Waals surface area (Å²) in [6, 6.07) is 11.6. The summed E-state index contributed by atoms with van der Waals surface area (Å²) in [4.78, 5) is 25.8. The Balaban J connectivity index is 1.94. The summed E-state index contributed by atoms with van der Waals surface area (Å²) in [6.45, 7) is 0.194. The number of nitrogens with zero attached hydrogens (tertiary/aromatic N) is 1. The van der Waals surface area contributed by atoms with Crippen molar-refractivity contribution in [3.05, 3.63) is 63.6 Å². The second-order valence-corrected chi connectivity index (χ2v) is 5.38. The van der Waals surface area contributed by atoms with Crippen LogP contribution in [0.2, 0.25) is 0 Å². The fourth-order valence-corrected chi connectivity index (χ4v) is 2.76. The molecule has 20 heavy (non-hydrogen) atoms. The largest absolute Gasteiger partial charge is 0.508 e. The maximum Gasteiger partial charge on any atom is 0.263 e. The molecular formula is C15H10BrNO3. The van der Waals surface area contributed by atoms with E-state index in [1.54, 1.807) is 30.3 Å². The number of amides is 2. The highest BCUT2D eigenvalue weighted by atomic mass is 79.9. The number of imide groups is 1. The Labute approximate surface area is 123 Å². The average molecular weight is 332 g/mol. The standard InChI is InChI=1S/C15H10BrNO3/c16-12-3-1-2-11-13(12)15(20)17(14(11)19)8-9-4-6-10(18)7-5-9/h1-7,18H,8H2. The topological polar surface area (TPSA) is 57.6 Å². The molecule has 0 saturated heterocycles. The second-order valence-electron chi connectivity index (χ2n) is 4.53. The Kier molecular flexibility index (Phi) is 3.06. The smallest absolute Gasteiger partial charge is 0.263 e. The number of hydrogen-bond acceptors (Lipinski definition) is 3. The molecule has 4 nitrogen and oxygen atoms in total. The van der Waals surface area contributed by atoms with Gasteiger partial charge >= 0.3 is 0 Å². The van der Waals surface area contributed by atoms with E-state index in [0.29, 0.717) is 15.6 Å². The maximum atomic E-state index is 12.3. The lowest BCUT2D eigenvalue weighted by Gasteiger charge is -2.13. The van der Waals surface area contributed by atoms with Crippen molar-refractivity contribution in [3.63, 3.8) is 0 Å². The molecule has 0 unspecified atom stereocenters. The maximum absolute atomic E-state index is 12.3. The highest BCUT2D eigenvalue weighted by Crippen LogP contribution is 2.30. The predicted molar refractivity (Wildman–Crippen MR) is 76.5 cm³/mol. The SMILES string of the molecule is O=C1c2cccc(Br)c2C(=O)N1Cc1ccc(O)cc1. The minimum Gasteiger partial charge on any atom is -0.508 e. The number of benzene rings is 2. The summed E-state index contributed by atoms with van der Waals surface area (Å²) in [5.41, 5.74) is 1.62. The molecular weight excluding hydrogens is 322 g/mol. The number of fused-ring (bicyclic) bond motifs is 1. The van der Waals surface area contributed by atoms with E-state index in [0.717, 1.165) is 5.56 Å². The molecule has 5 heteroatoms. The zero-order valence-corrected chi connectivity index (χ0v) is 11.9. The minimum atomic E-state index is -0.300. The summed E-state index contributed by atoms with van der Waals surface area (Å²) >= 11 is 3.30. The Morgan fingerprint density at radius 1 is 1.00 bits per heavy atom. The number of rotatable bonds is 2. The summed E-state index contributed by atoms with van der Waals surface area (Å²) in [5.74, 6) is -0.441. The summed E-state index contributed by atoms with van der Waals surface area (Å²) in [5, 5.41) is 9.25. The molecule has 2 aromatic carbocycles. The molecule has 1 aliphatic rings. The molecule has 0 saturated carbocycles. The fraction of sp³-hybridized carbons (Fsp3) is 0.0667. The van der Waals surface area contributed by atoms with E-state index in [2.05, 4.69) is 15.9 Å². The van der Waals surface area contributed by atoms with Gasteiger partial charge in [-0.2, -0.15) is 0 Å². The molecule has 0 fully saturated rings. The van der Waals surface area contributed by atoms with Gasteiger partial charge in [-0.05, 0) is 45.8 Å². The monoisotopic (exact) mass is 331 g/mol. The third-order valence-electron chi connectivity index (χ3n) is 3.23. The van der Waals surface area contributed by atoms with Gasteiger partial charge in [-0.1, -0.05) is 18.2 Å². The van der Waals surface area contributed by atoms with Crippen LogP contribution in [-0.2, 0) is 6.54 Å². The first-order valence-electron chi connectivity index (χ1n) is 6.00. The fourth-order valence-electron chi connectivity index (χ4n) is 2.22. The minimum absolute atomic E-state index is 0.152. The first kappa shape index (κ1) is 12.9. The number of carbonyl (C=O) groups excluding carboxylic acids is 2. The molecule has 2 amide bonds. The molecule has 0 atom stereocenters. The van der Waals surface area contributed by atoms with Crippen molar-refractivity contribution in [2.45, 2.75) is 6.54 Å². The lowest BCUT2D eigenvalue weighted by atomic mass is 10.1. The number of phenolic OH excluding ortho intramolecular Hbond substituents is 1. The molecule has 1 N–H and O–H groups in total. The average Bonchev–Trinajstić information content (AvgIpc) is 2.67. The van der Waals surface area contributed by atoms with Crippen LogP contribution in [0.15, 0.2) is 46.9 Å². The molecule has 0 radical (unpaired) electrons. The van der Waals surface area contributed by atoms with Gasteiger partial charge in [-0.25, -0.2) is 0 Å². The van der Waals surface area contributed by atoms with Gasteiger partial charge in [0.05, 0.1) is 17.7 Å². The van der Waals surface area contributed by atoms with Crippen molar-refractivity contribution in [1.29, 1.82) is 0 Å². The molecule has 2 aromatic rings. The number of carbonyl (C=O) groups is 2. The second kappa shape index (κ2) is 4.76. The van der Waals surface area contributed by atoms with Gasteiger partial charge in [-0.15, -0.1) is 0 Å². The Hall–Kier alpha value is -2.14. The number of halogens is 1. The Morgan fingerprint density at radius 3 is 2.35 bits per heavy atom. The van der Waals surface area contributed by atoms with E-state index in [1.165, 1.54) is 17.0 Å². The number of hydrogen-bond donors (Lipinski definition) is 1. The van der Waals surface area contributed by atoms with Gasteiger partial charge in [-0.3, -0.25) is 14.5 Å². The van der Waals surface area contributed by atoms with E-state index < -0.39 is 0 Å². The number of aromatic hydroxyl groups is 1. The van der Waals surface area contributed by atoms with E-state index in [9.17, 15) is 14.7 Å². The van der Waals surface area contributed by atoms with Crippen LogP contribution in [-0.4, -0.2) is 21.8 Å². The van der Waals surface area contributed by atoms with Gasteiger partial charge in [0.15, 0.2) is 0 Å². The quantitative estimate of drug-likeness (QED) is 0.861. The highest BCUT2D eigenvalue weighted by Gasteiger charge is 2.36. The van der Waals surface area contributed by atoms with E-state index >= 15 is 0 Å². The van der Waals surface area contributed by atoms with Gasteiger partial charge < -0.3 is 5.11 Å². The molecule has 100 valence electrons. The van der Waals surface area contributed by atoms with Crippen LogP contribution < -0.4 is 0 Å². The van der Waals surface area contributed by atoms with Crippen molar-refractivity contribution < 1.29 is 14.7 Å². The molecule has 0 aromatic heterocycles. The van der Waals surface area contributed by atoms with Gasteiger partial charge in [0, 0.05) is 4.47 Å². The molecule has 1 heterocycles. The van der Waals surface area contributed by atoms with E-state index in [4.69, 9.17) is 0 Å². The zero-order chi connectivity index (χ0) is 14.3. The summed E-state index contributed by atoms with van der Waals surface area (Å²) in [6.07, 6.45) is 0. The van der Waals surface area contributed by atoms with Crippen LogP contribution >= 0.6 is 15.9 Å². The van der Waals surface area contributed by atoms with Gasteiger partial charge in [0.2, 0.25) is 0 Å². The van der Waals surface area contributed by atoms with Crippen molar-refractivity contribution in [2.24, 2.45) is 0 Å². The summed E-state index contributed by atoms with van der Waals surface area (Å²) < 4.78 is 0.626. The highest BCUT2D eigenvalue weighted by molar-refractivity contribution is 9.10. The first-order chi connectivity index (χ1) is 9.58. The lowest BCUT2D eigenvalue weighted by Crippen LogP contribution is -2.29. The van der Waals surface area contributed by atoms with E-state index in [-0.39, 0.29) is 24.1 Å². The van der Waals surface area contributed by atoms with Crippen molar-refractivity contribution >= 4 is 27.7 Å². The van der Waals surface area contributed by atoms with Crippen LogP contribution in [0.4, 0.5) is 0 Å². The molecule has 0 bridgehead atoms. The Morgan fingerprint density at radius 2 is 1.70 bits per heavy atom. The van der Waals surface area contributed by atoms with Crippen LogP contribution in [0.5, 0.6) is 5.75 Å². The molecule has 0 spiro atoms. The van der Waals surface area contributed by atoms with Gasteiger partial charge in [0.1, 0.15) is 5.75 Å². The lowest BCUT2D eigenvalue weighted by molar-refractivity contribution is 0.0642. The summed E-state index contributed by atoms with van der Waals surface area (Å²) in [7, 11) is 0. The van der Waals surface area contributed by atoms with Crippen LogP contribution in [0, 0.1) is 0 Å². The van der Waals surface area contributed by atoms with Crippen LogP contribution in [0.1, 0.15) is 26.3 Å². The van der Waals surface area contributed by atoms with Crippen LogP contribution in [0.3, 0.4) is 0 Å². The zero-order valence-electron chi connectivity index (χ0n) is 10.3. The van der Waals surface area contributed by atoms with Crippen LogP contribution in [0.25, 0.3) is 0 Å². The van der Waals surface area contributed by atoms with Crippen molar-refractivity contribution in [2.75, 3.05) is 0 Å². The van der Waals surface area contributed by atoms with Crippen molar-refractivity contribution in [1.82, 2.24) is 4.90 Å². The molecule has 3 rings (SSSR count). The predicted octanol–water partition coefficient (Wildman–Crippen LogP) is 2.95. The Bertz CT molecular complexity index is 710. The van der Waals surface area contributed by atoms with E-state index in [1.807, 2.05) is 0 Å². The number of phenols is 1.